The van der Waals surface area contributed by atoms with Crippen LogP contribution in [0, 0.1) is 0 Å². The maximum absolute atomic E-state index is 10.6. The molecule has 1 rings (SSSR count). The third-order valence-electron chi connectivity index (χ3n) is 2.41. The van der Waals surface area contributed by atoms with Crippen LogP contribution in [0.1, 0.15) is 18.9 Å². The summed E-state index contributed by atoms with van der Waals surface area (Å²) in [5.74, 6) is -0.811. The Kier molecular flexibility index (Phi) is 5.66. The lowest BCUT2D eigenvalue weighted by molar-refractivity contribution is -0.137. The molecule has 0 radical (unpaired) electrons. The second-order valence-electron chi connectivity index (χ2n) is 4.21. The summed E-state index contributed by atoms with van der Waals surface area (Å²) in [6, 6.07) is 9.84. The molecular weight excluding hydrogens is 218 g/mol. The first-order valence-corrected chi connectivity index (χ1v) is 5.74. The molecule has 0 heterocycles. The summed E-state index contributed by atoms with van der Waals surface area (Å²) in [5, 5.41) is 18.1. The normalized spacial score (nSPS) is 12.6. The highest BCUT2D eigenvalue weighted by atomic mass is 16.4. The fourth-order valence-electron chi connectivity index (χ4n) is 1.70. The molecule has 4 heteroatoms. The van der Waals surface area contributed by atoms with Crippen LogP contribution in [0.5, 0.6) is 0 Å². The summed E-state index contributed by atoms with van der Waals surface area (Å²) >= 11 is 0. The Balaban J connectivity index is 2.53. The number of carboxylic acids is 1. The quantitative estimate of drug-likeness (QED) is 0.751. The molecule has 1 aromatic rings. The molecule has 0 saturated heterocycles. The van der Waals surface area contributed by atoms with Gasteiger partial charge in [-0.3, -0.25) is 9.69 Å². The molecule has 0 amide bonds. The summed E-state index contributed by atoms with van der Waals surface area (Å²) in [6.45, 7) is 3.31. The second-order valence-corrected chi connectivity index (χ2v) is 4.21. The molecular formula is C13H19NO3. The van der Waals surface area contributed by atoms with E-state index in [9.17, 15) is 9.90 Å². The third-order valence-corrected chi connectivity index (χ3v) is 2.41. The molecule has 1 unspecified atom stereocenters. The summed E-state index contributed by atoms with van der Waals surface area (Å²) in [5.41, 5.74) is 1.12. The minimum Gasteiger partial charge on any atom is -0.481 e. The summed E-state index contributed by atoms with van der Waals surface area (Å²) in [4.78, 5) is 12.5. The summed E-state index contributed by atoms with van der Waals surface area (Å²) < 4.78 is 0. The van der Waals surface area contributed by atoms with Gasteiger partial charge in [0.2, 0.25) is 0 Å². The predicted octanol–water partition coefficient (Wildman–Crippen LogP) is 1.34. The number of hydrogen-bond donors (Lipinski definition) is 2. The lowest BCUT2D eigenvalue weighted by Gasteiger charge is -2.23. The van der Waals surface area contributed by atoms with Crippen molar-refractivity contribution in [3.05, 3.63) is 35.9 Å². The van der Waals surface area contributed by atoms with Crippen molar-refractivity contribution < 1.29 is 15.0 Å². The van der Waals surface area contributed by atoms with Gasteiger partial charge in [-0.25, -0.2) is 0 Å². The highest BCUT2D eigenvalue weighted by molar-refractivity contribution is 5.66. The molecule has 0 aliphatic carbocycles. The van der Waals surface area contributed by atoms with Crippen LogP contribution in [0.25, 0.3) is 0 Å². The molecule has 1 atom stereocenters. The SMILES string of the molecule is CC(O)CN(CCC(=O)O)Cc1ccccc1. The van der Waals surface area contributed by atoms with Crippen molar-refractivity contribution in [1.29, 1.82) is 0 Å². The molecule has 0 bridgehead atoms. The van der Waals surface area contributed by atoms with Crippen molar-refractivity contribution in [3.8, 4) is 0 Å². The average Bonchev–Trinajstić information content (AvgIpc) is 2.26. The van der Waals surface area contributed by atoms with Gasteiger partial charge in [0.1, 0.15) is 0 Å². The van der Waals surface area contributed by atoms with Crippen molar-refractivity contribution in [1.82, 2.24) is 4.90 Å². The van der Waals surface area contributed by atoms with Crippen molar-refractivity contribution in [2.24, 2.45) is 0 Å². The minimum atomic E-state index is -0.811. The zero-order valence-electron chi connectivity index (χ0n) is 10.0. The summed E-state index contributed by atoms with van der Waals surface area (Å²) in [7, 11) is 0. The Morgan fingerprint density at radius 3 is 2.53 bits per heavy atom. The van der Waals surface area contributed by atoms with Gasteiger partial charge in [-0.1, -0.05) is 30.3 Å². The largest absolute Gasteiger partial charge is 0.481 e. The Morgan fingerprint density at radius 2 is 2.00 bits per heavy atom. The molecule has 0 aliphatic rings. The zero-order chi connectivity index (χ0) is 12.7. The molecule has 0 fully saturated rings. The van der Waals surface area contributed by atoms with Gasteiger partial charge in [-0.2, -0.15) is 0 Å². The van der Waals surface area contributed by atoms with E-state index in [1.807, 2.05) is 35.2 Å². The lowest BCUT2D eigenvalue weighted by Crippen LogP contribution is -2.32. The van der Waals surface area contributed by atoms with Gasteiger partial charge in [0.15, 0.2) is 0 Å². The fraction of sp³-hybridized carbons (Fsp3) is 0.462. The van der Waals surface area contributed by atoms with Crippen molar-refractivity contribution >= 4 is 5.97 Å². The number of carboxylic acid groups (broad SMARTS) is 1. The number of rotatable bonds is 7. The first-order valence-electron chi connectivity index (χ1n) is 5.74. The minimum absolute atomic E-state index is 0.0968. The van der Waals surface area contributed by atoms with E-state index in [-0.39, 0.29) is 6.42 Å². The van der Waals surface area contributed by atoms with E-state index in [0.717, 1.165) is 5.56 Å². The van der Waals surface area contributed by atoms with Crippen LogP contribution in [0.15, 0.2) is 30.3 Å². The van der Waals surface area contributed by atoms with Gasteiger partial charge in [-0.15, -0.1) is 0 Å². The van der Waals surface area contributed by atoms with Crippen LogP contribution in [0.2, 0.25) is 0 Å². The van der Waals surface area contributed by atoms with Crippen molar-refractivity contribution in [3.63, 3.8) is 0 Å². The Morgan fingerprint density at radius 1 is 1.35 bits per heavy atom. The van der Waals surface area contributed by atoms with Gasteiger partial charge < -0.3 is 10.2 Å². The maximum atomic E-state index is 10.6. The monoisotopic (exact) mass is 237 g/mol. The van der Waals surface area contributed by atoms with Crippen LogP contribution < -0.4 is 0 Å². The van der Waals surface area contributed by atoms with E-state index in [0.29, 0.717) is 19.6 Å². The molecule has 0 saturated carbocycles. The molecule has 1 aromatic carbocycles. The van der Waals surface area contributed by atoms with Gasteiger partial charge >= 0.3 is 5.97 Å². The number of benzene rings is 1. The van der Waals surface area contributed by atoms with Crippen LogP contribution in [-0.2, 0) is 11.3 Å². The number of aliphatic hydroxyl groups is 1. The number of aliphatic hydroxyl groups excluding tert-OH is 1. The van der Waals surface area contributed by atoms with E-state index in [1.165, 1.54) is 0 Å². The highest BCUT2D eigenvalue weighted by Gasteiger charge is 2.10. The Bertz CT molecular complexity index is 338. The van der Waals surface area contributed by atoms with Crippen LogP contribution in [0.4, 0.5) is 0 Å². The third kappa shape index (κ3) is 6.04. The van der Waals surface area contributed by atoms with E-state index in [2.05, 4.69) is 0 Å². The average molecular weight is 237 g/mol. The predicted molar refractivity (Wildman–Crippen MR) is 65.7 cm³/mol. The molecule has 0 aliphatic heterocycles. The maximum Gasteiger partial charge on any atom is 0.304 e. The number of aliphatic carboxylic acids is 1. The number of hydrogen-bond acceptors (Lipinski definition) is 3. The van der Waals surface area contributed by atoms with Gasteiger partial charge in [0.25, 0.3) is 0 Å². The van der Waals surface area contributed by atoms with E-state index in [1.54, 1.807) is 6.92 Å². The molecule has 17 heavy (non-hydrogen) atoms. The van der Waals surface area contributed by atoms with Crippen molar-refractivity contribution in [2.75, 3.05) is 13.1 Å². The topological polar surface area (TPSA) is 60.8 Å². The van der Waals surface area contributed by atoms with E-state index in [4.69, 9.17) is 5.11 Å². The molecule has 0 spiro atoms. The Hall–Kier alpha value is -1.39. The lowest BCUT2D eigenvalue weighted by atomic mass is 10.2. The van der Waals surface area contributed by atoms with Gasteiger partial charge in [0.05, 0.1) is 12.5 Å². The number of nitrogens with zero attached hydrogens (tertiary/aromatic N) is 1. The van der Waals surface area contributed by atoms with Crippen molar-refractivity contribution in [2.45, 2.75) is 26.0 Å². The zero-order valence-corrected chi connectivity index (χ0v) is 10.0. The molecule has 94 valence electrons. The van der Waals surface area contributed by atoms with Crippen LogP contribution in [0.3, 0.4) is 0 Å². The fourth-order valence-corrected chi connectivity index (χ4v) is 1.70. The molecule has 2 N–H and O–H groups in total. The Labute approximate surface area is 101 Å². The van der Waals surface area contributed by atoms with Gasteiger partial charge in [-0.05, 0) is 12.5 Å². The highest BCUT2D eigenvalue weighted by Crippen LogP contribution is 2.06. The van der Waals surface area contributed by atoms with E-state index >= 15 is 0 Å². The smallest absolute Gasteiger partial charge is 0.304 e. The van der Waals surface area contributed by atoms with Crippen LogP contribution in [-0.4, -0.2) is 40.3 Å². The van der Waals surface area contributed by atoms with E-state index < -0.39 is 12.1 Å². The van der Waals surface area contributed by atoms with Crippen LogP contribution >= 0.6 is 0 Å². The first kappa shape index (κ1) is 13.7. The first-order chi connectivity index (χ1) is 8.08. The molecule has 0 aromatic heterocycles. The number of carbonyl (C=O) groups is 1. The summed E-state index contributed by atoms with van der Waals surface area (Å²) in [6.07, 6.45) is -0.355. The second kappa shape index (κ2) is 7.04. The van der Waals surface area contributed by atoms with Gasteiger partial charge in [0, 0.05) is 19.6 Å². The molecule has 4 nitrogen and oxygen atoms in total. The standard InChI is InChI=1S/C13H19NO3/c1-11(15)9-14(8-7-13(16)17)10-12-5-3-2-4-6-12/h2-6,11,15H,7-10H2,1H3,(H,16,17).